The topological polar surface area (TPSA) is 0 Å². The SMILES string of the molecule is C/C=C\C=C(\C)C1CC2CCC1C2=C(Cl)Cl. The Morgan fingerprint density at radius 1 is 1.31 bits per heavy atom. The molecule has 0 aromatic heterocycles. The van der Waals surface area contributed by atoms with Gasteiger partial charge in [0, 0.05) is 0 Å². The Kier molecular flexibility index (Phi) is 3.81. The molecule has 0 saturated heterocycles. The molecule has 2 saturated carbocycles. The number of fused-ring (bicyclic) bond motifs is 2. The predicted molar refractivity (Wildman–Crippen MR) is 71.6 cm³/mol. The summed E-state index contributed by atoms with van der Waals surface area (Å²) in [7, 11) is 0. The Morgan fingerprint density at radius 3 is 2.62 bits per heavy atom. The van der Waals surface area contributed by atoms with Crippen molar-refractivity contribution >= 4 is 23.2 Å². The van der Waals surface area contributed by atoms with Crippen molar-refractivity contribution < 1.29 is 0 Å². The fraction of sp³-hybridized carbons (Fsp3) is 0.571. The summed E-state index contributed by atoms with van der Waals surface area (Å²) in [5.74, 6) is 1.92. The molecule has 0 amide bonds. The third kappa shape index (κ3) is 2.10. The zero-order valence-electron chi connectivity index (χ0n) is 9.84. The first kappa shape index (κ1) is 12.3. The Labute approximate surface area is 108 Å². The lowest BCUT2D eigenvalue weighted by Crippen LogP contribution is -2.11. The van der Waals surface area contributed by atoms with Crippen LogP contribution in [-0.2, 0) is 0 Å². The lowest BCUT2D eigenvalue weighted by molar-refractivity contribution is 0.380. The fourth-order valence-electron chi connectivity index (χ4n) is 3.30. The largest absolute Gasteiger partial charge is 0.106 e. The van der Waals surface area contributed by atoms with Crippen LogP contribution in [0.15, 0.2) is 33.9 Å². The Hall–Kier alpha value is -0.200. The summed E-state index contributed by atoms with van der Waals surface area (Å²) in [6.07, 6.45) is 10.2. The molecule has 2 aliphatic rings. The summed E-state index contributed by atoms with van der Waals surface area (Å²) in [4.78, 5) is 0. The molecule has 0 N–H and O–H groups in total. The van der Waals surface area contributed by atoms with Crippen LogP contribution < -0.4 is 0 Å². The molecule has 88 valence electrons. The van der Waals surface area contributed by atoms with E-state index >= 15 is 0 Å². The molecule has 2 heteroatoms. The Morgan fingerprint density at radius 2 is 2.06 bits per heavy atom. The number of allylic oxidation sites excluding steroid dienone is 5. The highest BCUT2D eigenvalue weighted by atomic mass is 35.5. The highest BCUT2D eigenvalue weighted by molar-refractivity contribution is 6.56. The highest BCUT2D eigenvalue weighted by Gasteiger charge is 2.45. The molecule has 2 fully saturated rings. The van der Waals surface area contributed by atoms with Crippen LogP contribution in [0.25, 0.3) is 0 Å². The quantitative estimate of drug-likeness (QED) is 0.593. The van der Waals surface area contributed by atoms with E-state index < -0.39 is 0 Å². The van der Waals surface area contributed by atoms with Gasteiger partial charge in [0.2, 0.25) is 0 Å². The van der Waals surface area contributed by atoms with E-state index in [4.69, 9.17) is 23.2 Å². The van der Waals surface area contributed by atoms with Crippen molar-refractivity contribution in [3.8, 4) is 0 Å². The van der Waals surface area contributed by atoms with Crippen LogP contribution in [0.2, 0.25) is 0 Å². The van der Waals surface area contributed by atoms with Gasteiger partial charge in [-0.05, 0) is 56.4 Å². The van der Waals surface area contributed by atoms with E-state index in [0.717, 1.165) is 0 Å². The van der Waals surface area contributed by atoms with Crippen LogP contribution >= 0.6 is 23.2 Å². The van der Waals surface area contributed by atoms with Gasteiger partial charge in [0.1, 0.15) is 4.49 Å². The van der Waals surface area contributed by atoms with Crippen molar-refractivity contribution in [3.05, 3.63) is 33.9 Å². The number of rotatable bonds is 2. The van der Waals surface area contributed by atoms with E-state index in [1.807, 2.05) is 6.92 Å². The maximum atomic E-state index is 6.00. The van der Waals surface area contributed by atoms with Crippen LogP contribution in [0.5, 0.6) is 0 Å². The van der Waals surface area contributed by atoms with Gasteiger partial charge >= 0.3 is 0 Å². The van der Waals surface area contributed by atoms with Crippen molar-refractivity contribution in [1.82, 2.24) is 0 Å². The van der Waals surface area contributed by atoms with Crippen molar-refractivity contribution in [2.24, 2.45) is 17.8 Å². The maximum absolute atomic E-state index is 6.00. The van der Waals surface area contributed by atoms with Crippen LogP contribution in [0, 0.1) is 17.8 Å². The summed E-state index contributed by atoms with van der Waals surface area (Å²) in [6, 6.07) is 0. The molecule has 0 aromatic carbocycles. The molecule has 2 rings (SSSR count). The molecule has 0 nitrogen and oxygen atoms in total. The molecule has 0 heterocycles. The lowest BCUT2D eigenvalue weighted by Gasteiger charge is -2.21. The van der Waals surface area contributed by atoms with Gasteiger partial charge in [-0.2, -0.15) is 0 Å². The van der Waals surface area contributed by atoms with Crippen LogP contribution in [0.1, 0.15) is 33.1 Å². The molecule has 0 aliphatic heterocycles. The predicted octanol–water partition coefficient (Wildman–Crippen LogP) is 5.24. The molecular weight excluding hydrogens is 239 g/mol. The minimum Gasteiger partial charge on any atom is -0.0877 e. The summed E-state index contributed by atoms with van der Waals surface area (Å²) in [5.41, 5.74) is 2.80. The Balaban J connectivity index is 2.21. The third-order valence-corrected chi connectivity index (χ3v) is 4.48. The van der Waals surface area contributed by atoms with E-state index in [0.29, 0.717) is 22.2 Å². The summed E-state index contributed by atoms with van der Waals surface area (Å²) >= 11 is 12.0. The zero-order valence-corrected chi connectivity index (χ0v) is 11.4. The number of hydrogen-bond donors (Lipinski definition) is 0. The van der Waals surface area contributed by atoms with E-state index in [2.05, 4.69) is 25.2 Å². The Bertz CT molecular complexity index is 359. The van der Waals surface area contributed by atoms with Gasteiger partial charge in [0.05, 0.1) is 0 Å². The second-order valence-corrected chi connectivity index (χ2v) is 5.82. The first-order valence-electron chi connectivity index (χ1n) is 5.99. The summed E-state index contributed by atoms with van der Waals surface area (Å²) in [6.45, 7) is 4.27. The van der Waals surface area contributed by atoms with Crippen molar-refractivity contribution in [1.29, 1.82) is 0 Å². The molecule has 2 aliphatic carbocycles. The van der Waals surface area contributed by atoms with E-state index in [9.17, 15) is 0 Å². The average Bonchev–Trinajstić information content (AvgIpc) is 2.82. The van der Waals surface area contributed by atoms with Gasteiger partial charge in [-0.15, -0.1) is 0 Å². The molecule has 0 aromatic rings. The summed E-state index contributed by atoms with van der Waals surface area (Å²) in [5, 5.41) is 0. The van der Waals surface area contributed by atoms with Gasteiger partial charge in [-0.25, -0.2) is 0 Å². The van der Waals surface area contributed by atoms with Gasteiger partial charge in [0.15, 0.2) is 0 Å². The van der Waals surface area contributed by atoms with Crippen molar-refractivity contribution in [3.63, 3.8) is 0 Å². The van der Waals surface area contributed by atoms with Gasteiger partial charge in [-0.1, -0.05) is 47.0 Å². The van der Waals surface area contributed by atoms with E-state index in [1.54, 1.807) is 0 Å². The van der Waals surface area contributed by atoms with Crippen molar-refractivity contribution in [2.75, 3.05) is 0 Å². The molecule has 2 bridgehead atoms. The van der Waals surface area contributed by atoms with Gasteiger partial charge < -0.3 is 0 Å². The minimum atomic E-state index is 0.536. The first-order chi connectivity index (χ1) is 7.65. The van der Waals surface area contributed by atoms with Crippen LogP contribution in [0.3, 0.4) is 0 Å². The first-order valence-corrected chi connectivity index (χ1v) is 6.75. The van der Waals surface area contributed by atoms with Crippen molar-refractivity contribution in [2.45, 2.75) is 33.1 Å². The molecular formula is C14H18Cl2. The lowest BCUT2D eigenvalue weighted by atomic mass is 9.83. The normalized spacial score (nSPS) is 34.1. The van der Waals surface area contributed by atoms with Crippen LogP contribution in [0.4, 0.5) is 0 Å². The average molecular weight is 257 g/mol. The zero-order chi connectivity index (χ0) is 11.7. The fourth-order valence-corrected chi connectivity index (χ4v) is 3.89. The monoisotopic (exact) mass is 256 g/mol. The molecule has 0 radical (unpaired) electrons. The smallest absolute Gasteiger partial charge is 0.0877 e. The number of hydrogen-bond acceptors (Lipinski definition) is 0. The highest BCUT2D eigenvalue weighted by Crippen LogP contribution is 2.56. The molecule has 0 spiro atoms. The molecule has 16 heavy (non-hydrogen) atoms. The minimum absolute atomic E-state index is 0.536. The second-order valence-electron chi connectivity index (χ2n) is 4.88. The van der Waals surface area contributed by atoms with Gasteiger partial charge in [0.25, 0.3) is 0 Å². The van der Waals surface area contributed by atoms with Crippen LogP contribution in [-0.4, -0.2) is 0 Å². The summed E-state index contributed by atoms with van der Waals surface area (Å²) < 4.78 is 0.536. The number of halogens is 2. The second kappa shape index (κ2) is 4.98. The maximum Gasteiger partial charge on any atom is 0.106 e. The van der Waals surface area contributed by atoms with E-state index in [1.165, 1.54) is 30.4 Å². The van der Waals surface area contributed by atoms with E-state index in [-0.39, 0.29) is 0 Å². The standard InChI is InChI=1S/C14H18Cl2/c1-3-4-5-9(2)12-8-10-6-7-11(12)13(10)14(15)16/h3-5,10-12H,6-8H2,1-2H3/b4-3-,9-5-. The third-order valence-electron chi connectivity index (χ3n) is 4.04. The molecule has 3 atom stereocenters. The molecule has 3 unspecified atom stereocenters. The van der Waals surface area contributed by atoms with Gasteiger partial charge in [-0.3, -0.25) is 0 Å².